The normalized spacial score (nSPS) is 12.9. The molecule has 0 saturated carbocycles. The number of amides is 1. The Kier molecular flexibility index (Phi) is 9.62. The van der Waals surface area contributed by atoms with Crippen LogP contribution in [0.25, 0.3) is 0 Å². The van der Waals surface area contributed by atoms with E-state index in [4.69, 9.17) is 4.84 Å². The number of nitrogens with zero attached hydrogens (tertiary/aromatic N) is 1. The molecule has 1 atom stereocenters. The largest absolute Gasteiger partial charge is 0.726 e. The van der Waals surface area contributed by atoms with Crippen molar-refractivity contribution >= 4 is 16.3 Å². The first-order valence-corrected chi connectivity index (χ1v) is 7.12. The van der Waals surface area contributed by atoms with Crippen LogP contribution >= 0.6 is 0 Å². The number of quaternary nitrogens is 1. The van der Waals surface area contributed by atoms with Crippen molar-refractivity contribution in [3.63, 3.8) is 0 Å². The van der Waals surface area contributed by atoms with Gasteiger partial charge >= 0.3 is 0 Å². The molecule has 9 heteroatoms. The second-order valence-corrected chi connectivity index (χ2v) is 6.03. The first-order valence-electron chi connectivity index (χ1n) is 5.79. The molecule has 1 unspecified atom stereocenters. The minimum atomic E-state index is -4.41. The van der Waals surface area contributed by atoms with Crippen LogP contribution in [0.4, 0.5) is 0 Å². The van der Waals surface area contributed by atoms with Crippen molar-refractivity contribution in [2.45, 2.75) is 26.5 Å². The monoisotopic (exact) mass is 312 g/mol. The summed E-state index contributed by atoms with van der Waals surface area (Å²) in [5.74, 6) is -0.267. The second kappa shape index (κ2) is 9.03. The molecule has 0 fully saturated rings. The molecule has 120 valence electrons. The maximum Gasteiger partial charge on any atom is 0.270 e. The third kappa shape index (κ3) is 12.1. The molecule has 8 nitrogen and oxygen atoms in total. The van der Waals surface area contributed by atoms with Gasteiger partial charge in [0, 0.05) is 12.0 Å². The van der Waals surface area contributed by atoms with Crippen LogP contribution in [-0.4, -0.2) is 57.8 Å². The summed E-state index contributed by atoms with van der Waals surface area (Å²) in [5, 5.41) is 0. The molecule has 0 aliphatic heterocycles. The molecular weight excluding hydrogens is 288 g/mol. The van der Waals surface area contributed by atoms with Crippen molar-refractivity contribution in [3.05, 3.63) is 12.2 Å². The molecule has 1 amide bonds. The van der Waals surface area contributed by atoms with E-state index in [0.29, 0.717) is 10.1 Å². The molecule has 1 N–H and O–H groups in total. The maximum absolute atomic E-state index is 11.1. The molecule has 0 saturated heterocycles. The topological polar surface area (TPSA) is 105 Å². The van der Waals surface area contributed by atoms with Gasteiger partial charge in [0.1, 0.15) is 0 Å². The zero-order chi connectivity index (χ0) is 16.6. The molecule has 0 heterocycles. The maximum atomic E-state index is 11.1. The molecule has 0 radical (unpaired) electrons. The number of rotatable bonds is 6. The number of nitrogens with one attached hydrogen (secondary N) is 1. The fraction of sp³-hybridized carbons (Fsp3) is 0.727. The highest BCUT2D eigenvalue weighted by molar-refractivity contribution is 7.80. The molecule has 0 aromatic heterocycles. The lowest BCUT2D eigenvalue weighted by molar-refractivity contribution is -0.921. The van der Waals surface area contributed by atoms with E-state index in [0.717, 1.165) is 13.5 Å². The average Bonchev–Trinajstić information content (AvgIpc) is 2.27. The standard InChI is InChI=1S/C10H20N2O2.CH4O4S/c1-7-9(12(4,5)6)14-11-10(13)8(2)3;1-5-6(2,3)4/h9H,2,7H2,1,3-6H3;1H3,(H,2,3,4). The van der Waals surface area contributed by atoms with E-state index in [1.54, 1.807) is 6.92 Å². The Labute approximate surface area is 120 Å². The van der Waals surface area contributed by atoms with E-state index in [1.165, 1.54) is 0 Å². The van der Waals surface area contributed by atoms with Gasteiger partial charge in [-0.1, -0.05) is 13.5 Å². The second-order valence-electron chi connectivity index (χ2n) is 4.88. The zero-order valence-corrected chi connectivity index (χ0v) is 13.6. The Balaban J connectivity index is 0. The lowest BCUT2D eigenvalue weighted by Gasteiger charge is -2.32. The van der Waals surface area contributed by atoms with E-state index in [1.807, 2.05) is 28.1 Å². The van der Waals surface area contributed by atoms with Gasteiger partial charge in [-0.15, -0.1) is 0 Å². The third-order valence-corrected chi connectivity index (χ3v) is 2.50. The van der Waals surface area contributed by atoms with Crippen LogP contribution < -0.4 is 5.48 Å². The number of carbonyl (C=O) groups is 1. The number of hydrogen-bond acceptors (Lipinski definition) is 6. The molecular formula is C11H24N2O6S. The van der Waals surface area contributed by atoms with Gasteiger partial charge in [0.15, 0.2) is 0 Å². The van der Waals surface area contributed by atoms with E-state index in [2.05, 4.69) is 16.2 Å². The van der Waals surface area contributed by atoms with Gasteiger partial charge in [-0.05, 0) is 6.92 Å². The van der Waals surface area contributed by atoms with Crippen LogP contribution in [0, 0.1) is 0 Å². The minimum absolute atomic E-state index is 0.0432. The van der Waals surface area contributed by atoms with Crippen LogP contribution in [0.1, 0.15) is 20.3 Å². The molecule has 0 rings (SSSR count). The molecule has 0 aliphatic carbocycles. The van der Waals surface area contributed by atoms with Crippen molar-refractivity contribution in [2.75, 3.05) is 28.3 Å². The van der Waals surface area contributed by atoms with Crippen LogP contribution in [0.2, 0.25) is 0 Å². The van der Waals surface area contributed by atoms with Crippen LogP contribution in [0.3, 0.4) is 0 Å². The summed E-state index contributed by atoms with van der Waals surface area (Å²) in [6.45, 7) is 7.18. The first kappa shape index (κ1) is 21.3. The van der Waals surface area contributed by atoms with Crippen molar-refractivity contribution in [3.8, 4) is 0 Å². The van der Waals surface area contributed by atoms with Crippen molar-refractivity contribution in [2.24, 2.45) is 0 Å². The summed E-state index contributed by atoms with van der Waals surface area (Å²) >= 11 is 0. The molecule has 0 aromatic carbocycles. The highest BCUT2D eigenvalue weighted by Crippen LogP contribution is 2.07. The SMILES string of the molecule is C=C(C)C(=O)NOC(CC)[N+](C)(C)C.COS(=O)(=O)[O-]. The van der Waals surface area contributed by atoms with Crippen molar-refractivity contribution in [1.29, 1.82) is 0 Å². The predicted octanol–water partition coefficient (Wildman–Crippen LogP) is 0.146. The Morgan fingerprint density at radius 3 is 2.00 bits per heavy atom. The fourth-order valence-electron chi connectivity index (χ4n) is 0.998. The zero-order valence-electron chi connectivity index (χ0n) is 12.8. The number of hydroxylamine groups is 1. The third-order valence-electron chi connectivity index (χ3n) is 2.09. The summed E-state index contributed by atoms with van der Waals surface area (Å²) in [6.07, 6.45) is 0.790. The number of carbonyl (C=O) groups excluding carboxylic acids is 1. The Bertz CT molecular complexity index is 413. The van der Waals surface area contributed by atoms with Crippen molar-refractivity contribution < 1.29 is 31.3 Å². The van der Waals surface area contributed by atoms with E-state index < -0.39 is 10.4 Å². The number of hydrogen-bond donors (Lipinski definition) is 1. The highest BCUT2D eigenvalue weighted by atomic mass is 32.3. The smallest absolute Gasteiger partial charge is 0.270 e. The van der Waals surface area contributed by atoms with Gasteiger partial charge in [0.2, 0.25) is 16.6 Å². The van der Waals surface area contributed by atoms with Gasteiger partial charge in [-0.2, -0.15) is 0 Å². The van der Waals surface area contributed by atoms with Crippen LogP contribution in [0.15, 0.2) is 12.2 Å². The Morgan fingerprint density at radius 2 is 1.80 bits per heavy atom. The molecule has 20 heavy (non-hydrogen) atoms. The molecule has 0 aromatic rings. The van der Waals surface area contributed by atoms with Gasteiger partial charge in [-0.25, -0.2) is 18.7 Å². The van der Waals surface area contributed by atoms with Gasteiger partial charge < -0.3 is 9.04 Å². The quantitative estimate of drug-likeness (QED) is 0.187. The predicted molar refractivity (Wildman–Crippen MR) is 72.9 cm³/mol. The summed E-state index contributed by atoms with van der Waals surface area (Å²) in [5.41, 5.74) is 2.83. The molecule has 0 aliphatic rings. The van der Waals surface area contributed by atoms with Gasteiger partial charge in [-0.3, -0.25) is 8.98 Å². The van der Waals surface area contributed by atoms with E-state index in [-0.39, 0.29) is 12.1 Å². The van der Waals surface area contributed by atoms with Gasteiger partial charge in [0.25, 0.3) is 5.91 Å². The van der Waals surface area contributed by atoms with Crippen LogP contribution in [-0.2, 0) is 24.2 Å². The lowest BCUT2D eigenvalue weighted by atomic mass is 10.3. The van der Waals surface area contributed by atoms with E-state index in [9.17, 15) is 17.8 Å². The van der Waals surface area contributed by atoms with E-state index >= 15 is 0 Å². The molecule has 0 spiro atoms. The summed E-state index contributed by atoms with van der Waals surface area (Å²) in [7, 11) is 2.44. The lowest BCUT2D eigenvalue weighted by Crippen LogP contribution is -2.49. The fourth-order valence-corrected chi connectivity index (χ4v) is 0.998. The van der Waals surface area contributed by atoms with Crippen LogP contribution in [0.5, 0.6) is 0 Å². The van der Waals surface area contributed by atoms with Gasteiger partial charge in [0.05, 0.1) is 28.3 Å². The Hall–Kier alpha value is -1.00. The summed E-state index contributed by atoms with van der Waals surface area (Å²) < 4.78 is 31.7. The summed E-state index contributed by atoms with van der Waals surface area (Å²) in [6, 6.07) is 0. The Morgan fingerprint density at radius 1 is 1.40 bits per heavy atom. The minimum Gasteiger partial charge on any atom is -0.726 e. The average molecular weight is 312 g/mol. The highest BCUT2D eigenvalue weighted by Gasteiger charge is 2.23. The van der Waals surface area contributed by atoms with Crippen molar-refractivity contribution in [1.82, 2.24) is 5.48 Å². The molecule has 0 bridgehead atoms. The first-order chi connectivity index (χ1) is 8.85. The summed E-state index contributed by atoms with van der Waals surface area (Å²) in [4.78, 5) is 16.4.